The summed E-state index contributed by atoms with van der Waals surface area (Å²) in [4.78, 5) is 12.1. The van der Waals surface area contributed by atoms with E-state index in [-0.39, 0.29) is 16.8 Å². The van der Waals surface area contributed by atoms with Crippen LogP contribution in [0.1, 0.15) is 36.5 Å². The molecule has 1 amide bonds. The highest BCUT2D eigenvalue weighted by Crippen LogP contribution is 2.25. The number of piperidine rings is 1. The van der Waals surface area contributed by atoms with E-state index in [4.69, 9.17) is 4.74 Å². The minimum absolute atomic E-state index is 0.0192. The summed E-state index contributed by atoms with van der Waals surface area (Å²) in [5, 5.41) is 2.70. The van der Waals surface area contributed by atoms with Crippen molar-refractivity contribution in [3.05, 3.63) is 29.8 Å². The van der Waals surface area contributed by atoms with Gasteiger partial charge >= 0.3 is 0 Å². The fourth-order valence-electron chi connectivity index (χ4n) is 2.71. The summed E-state index contributed by atoms with van der Waals surface area (Å²) < 4.78 is 31.8. The van der Waals surface area contributed by atoms with Crippen molar-refractivity contribution in [3.63, 3.8) is 0 Å². The summed E-state index contributed by atoms with van der Waals surface area (Å²) in [6, 6.07) is 6.11. The zero-order chi connectivity index (χ0) is 16.9. The summed E-state index contributed by atoms with van der Waals surface area (Å²) in [5.74, 6) is -0.239. The number of benzene rings is 1. The SMILES string of the molecule is COCCNC(=O)c1ccc(S(=O)(=O)N2CCCC[C@@H]2C)cc1. The van der Waals surface area contributed by atoms with Crippen molar-refractivity contribution in [2.24, 2.45) is 0 Å². The second kappa shape index (κ2) is 7.90. The molecule has 0 spiro atoms. The third-order valence-corrected chi connectivity index (χ3v) is 6.08. The van der Waals surface area contributed by atoms with Crippen molar-refractivity contribution >= 4 is 15.9 Å². The lowest BCUT2D eigenvalue weighted by atomic mass is 10.1. The molecular formula is C16H24N2O4S. The summed E-state index contributed by atoms with van der Waals surface area (Å²) in [6.07, 6.45) is 2.84. The fraction of sp³-hybridized carbons (Fsp3) is 0.562. The van der Waals surface area contributed by atoms with Gasteiger partial charge in [-0.15, -0.1) is 0 Å². The van der Waals surface area contributed by atoms with Gasteiger partial charge in [-0.2, -0.15) is 4.31 Å². The van der Waals surface area contributed by atoms with Gasteiger partial charge in [-0.1, -0.05) is 6.42 Å². The summed E-state index contributed by atoms with van der Waals surface area (Å²) in [5.41, 5.74) is 0.437. The van der Waals surface area contributed by atoms with Crippen LogP contribution in [0, 0.1) is 0 Å². The number of methoxy groups -OCH3 is 1. The third kappa shape index (κ3) is 4.31. The van der Waals surface area contributed by atoms with Crippen LogP contribution in [-0.2, 0) is 14.8 Å². The van der Waals surface area contributed by atoms with Crippen LogP contribution in [0.4, 0.5) is 0 Å². The van der Waals surface area contributed by atoms with E-state index in [0.29, 0.717) is 25.3 Å². The number of sulfonamides is 1. The number of hydrogen-bond donors (Lipinski definition) is 1. The normalized spacial score (nSPS) is 19.5. The average molecular weight is 340 g/mol. The fourth-order valence-corrected chi connectivity index (χ4v) is 4.41. The Morgan fingerprint density at radius 1 is 1.30 bits per heavy atom. The maximum atomic E-state index is 12.7. The van der Waals surface area contributed by atoms with Gasteiger partial charge in [0.15, 0.2) is 0 Å². The predicted molar refractivity (Wildman–Crippen MR) is 87.9 cm³/mol. The van der Waals surface area contributed by atoms with Crippen molar-refractivity contribution in [2.45, 2.75) is 37.1 Å². The number of rotatable bonds is 6. The van der Waals surface area contributed by atoms with Crippen LogP contribution in [0.5, 0.6) is 0 Å². The second-order valence-electron chi connectivity index (χ2n) is 5.73. The third-order valence-electron chi connectivity index (χ3n) is 4.06. The van der Waals surface area contributed by atoms with E-state index in [9.17, 15) is 13.2 Å². The molecule has 1 atom stereocenters. The molecule has 1 heterocycles. The van der Waals surface area contributed by atoms with Gasteiger partial charge in [-0.3, -0.25) is 4.79 Å². The number of carbonyl (C=O) groups excluding carboxylic acids is 1. The van der Waals surface area contributed by atoms with Gasteiger partial charge < -0.3 is 10.1 Å². The molecule has 1 N–H and O–H groups in total. The molecule has 1 aliphatic heterocycles. The topological polar surface area (TPSA) is 75.7 Å². The number of carbonyl (C=O) groups is 1. The molecule has 0 bridgehead atoms. The van der Waals surface area contributed by atoms with Crippen LogP contribution in [0.3, 0.4) is 0 Å². The van der Waals surface area contributed by atoms with Crippen molar-refractivity contribution in [1.29, 1.82) is 0 Å². The molecule has 6 nitrogen and oxygen atoms in total. The lowest BCUT2D eigenvalue weighted by molar-refractivity contribution is 0.0937. The first-order valence-corrected chi connectivity index (χ1v) is 9.30. The lowest BCUT2D eigenvalue weighted by Crippen LogP contribution is -2.41. The average Bonchev–Trinajstić information content (AvgIpc) is 2.55. The minimum atomic E-state index is -3.49. The zero-order valence-electron chi connectivity index (χ0n) is 13.6. The Morgan fingerprint density at radius 2 is 2.00 bits per heavy atom. The number of ether oxygens (including phenoxy) is 1. The molecule has 0 aromatic heterocycles. The van der Waals surface area contributed by atoms with Crippen molar-refractivity contribution in [3.8, 4) is 0 Å². The van der Waals surface area contributed by atoms with Gasteiger partial charge in [-0.25, -0.2) is 8.42 Å². The first-order chi connectivity index (χ1) is 11.0. The highest BCUT2D eigenvalue weighted by molar-refractivity contribution is 7.89. The summed E-state index contributed by atoms with van der Waals surface area (Å²) in [7, 11) is -1.93. The highest BCUT2D eigenvalue weighted by atomic mass is 32.2. The Balaban J connectivity index is 2.10. The van der Waals surface area contributed by atoms with Crippen LogP contribution in [0.25, 0.3) is 0 Å². The number of amides is 1. The molecule has 7 heteroatoms. The number of nitrogens with one attached hydrogen (secondary N) is 1. The van der Waals surface area contributed by atoms with Crippen LogP contribution < -0.4 is 5.32 Å². The largest absolute Gasteiger partial charge is 0.383 e. The second-order valence-corrected chi connectivity index (χ2v) is 7.62. The zero-order valence-corrected chi connectivity index (χ0v) is 14.4. The molecule has 1 aromatic carbocycles. The Labute approximate surface area is 137 Å². The van der Waals surface area contributed by atoms with Crippen LogP contribution in [0.2, 0.25) is 0 Å². The maximum Gasteiger partial charge on any atom is 0.251 e. The first-order valence-electron chi connectivity index (χ1n) is 7.86. The van der Waals surface area contributed by atoms with Gasteiger partial charge in [-0.05, 0) is 44.0 Å². The molecule has 2 rings (SSSR count). The molecule has 128 valence electrons. The van der Waals surface area contributed by atoms with Gasteiger partial charge in [0.05, 0.1) is 11.5 Å². The van der Waals surface area contributed by atoms with Crippen LogP contribution in [0.15, 0.2) is 29.2 Å². The van der Waals surface area contributed by atoms with Crippen molar-refractivity contribution in [1.82, 2.24) is 9.62 Å². The maximum absolute atomic E-state index is 12.7. The van der Waals surface area contributed by atoms with E-state index in [1.807, 2.05) is 6.92 Å². The molecule has 23 heavy (non-hydrogen) atoms. The quantitative estimate of drug-likeness (QED) is 0.799. The first kappa shape index (κ1) is 17.9. The smallest absolute Gasteiger partial charge is 0.251 e. The number of hydrogen-bond acceptors (Lipinski definition) is 4. The minimum Gasteiger partial charge on any atom is -0.383 e. The Hall–Kier alpha value is -1.44. The standard InChI is InChI=1S/C16H24N2O4S/c1-13-5-3-4-11-18(13)23(20,21)15-8-6-14(7-9-15)16(19)17-10-12-22-2/h6-9,13H,3-5,10-12H2,1-2H3,(H,17,19)/t13-/m0/s1. The lowest BCUT2D eigenvalue weighted by Gasteiger charge is -2.32. The molecule has 0 saturated carbocycles. The molecule has 1 aromatic rings. The Bertz CT molecular complexity index is 628. The van der Waals surface area contributed by atoms with E-state index in [1.165, 1.54) is 12.1 Å². The highest BCUT2D eigenvalue weighted by Gasteiger charge is 2.30. The predicted octanol–water partition coefficient (Wildman–Crippen LogP) is 1.63. The molecule has 1 aliphatic rings. The van der Waals surface area contributed by atoms with Crippen LogP contribution >= 0.6 is 0 Å². The molecule has 1 fully saturated rings. The molecule has 1 saturated heterocycles. The van der Waals surface area contributed by atoms with Gasteiger partial charge in [0.25, 0.3) is 5.91 Å². The van der Waals surface area contributed by atoms with Gasteiger partial charge in [0.1, 0.15) is 0 Å². The Morgan fingerprint density at radius 3 is 2.61 bits per heavy atom. The summed E-state index contributed by atoms with van der Waals surface area (Å²) in [6.45, 7) is 3.35. The van der Waals surface area contributed by atoms with E-state index in [1.54, 1.807) is 23.5 Å². The van der Waals surface area contributed by atoms with E-state index in [0.717, 1.165) is 19.3 Å². The van der Waals surface area contributed by atoms with Crippen LogP contribution in [-0.4, -0.2) is 51.5 Å². The van der Waals surface area contributed by atoms with E-state index >= 15 is 0 Å². The van der Waals surface area contributed by atoms with Gasteiger partial charge in [0.2, 0.25) is 10.0 Å². The Kier molecular flexibility index (Phi) is 6.15. The van der Waals surface area contributed by atoms with Gasteiger partial charge in [0, 0.05) is 31.8 Å². The van der Waals surface area contributed by atoms with Crippen molar-refractivity contribution < 1.29 is 17.9 Å². The monoisotopic (exact) mass is 340 g/mol. The molecule has 0 aliphatic carbocycles. The summed E-state index contributed by atoms with van der Waals surface area (Å²) >= 11 is 0. The molecule has 0 radical (unpaired) electrons. The van der Waals surface area contributed by atoms with E-state index < -0.39 is 10.0 Å². The number of nitrogens with zero attached hydrogens (tertiary/aromatic N) is 1. The van der Waals surface area contributed by atoms with Crippen molar-refractivity contribution in [2.75, 3.05) is 26.8 Å². The van der Waals surface area contributed by atoms with E-state index in [2.05, 4.69) is 5.32 Å². The molecular weight excluding hydrogens is 316 g/mol. The molecule has 0 unspecified atom stereocenters.